The van der Waals surface area contributed by atoms with Crippen LogP contribution in [0.4, 0.5) is 8.78 Å². The molecule has 2 nitrogen and oxygen atoms in total. The summed E-state index contributed by atoms with van der Waals surface area (Å²) in [7, 11) is 0. The highest BCUT2D eigenvalue weighted by atomic mass is 79.9. The second kappa shape index (κ2) is 5.42. The van der Waals surface area contributed by atoms with Gasteiger partial charge in [0.05, 0.1) is 17.1 Å². The van der Waals surface area contributed by atoms with Crippen molar-refractivity contribution in [2.45, 2.75) is 6.43 Å². The van der Waals surface area contributed by atoms with Gasteiger partial charge >= 0.3 is 0 Å². The smallest absolute Gasteiger partial charge is 0.255 e. The molecule has 0 aliphatic rings. The van der Waals surface area contributed by atoms with Crippen LogP contribution in [0.5, 0.6) is 0 Å². The standard InChI is InChI=1S/C9H7BrClF2NO/c10-5-1-2-6(7(11)3-5)9(15)14-4-8(12)13/h1-3,8H,4H2,(H,14,15). The van der Waals surface area contributed by atoms with Gasteiger partial charge in [0.1, 0.15) is 0 Å². The molecule has 82 valence electrons. The van der Waals surface area contributed by atoms with E-state index in [1.165, 1.54) is 12.1 Å². The number of alkyl halides is 2. The molecule has 0 fully saturated rings. The molecule has 6 heteroatoms. The molecule has 0 heterocycles. The maximum atomic E-state index is 11.8. The van der Waals surface area contributed by atoms with Gasteiger partial charge < -0.3 is 5.32 Å². The minimum Gasteiger partial charge on any atom is -0.346 e. The van der Waals surface area contributed by atoms with E-state index in [0.717, 1.165) is 4.47 Å². The summed E-state index contributed by atoms with van der Waals surface area (Å²) in [6, 6.07) is 4.61. The van der Waals surface area contributed by atoms with E-state index in [1.54, 1.807) is 6.07 Å². The van der Waals surface area contributed by atoms with E-state index < -0.39 is 18.9 Å². The minimum atomic E-state index is -2.57. The van der Waals surface area contributed by atoms with E-state index in [2.05, 4.69) is 21.2 Å². The number of hydrogen-bond donors (Lipinski definition) is 1. The van der Waals surface area contributed by atoms with Gasteiger partial charge in [0, 0.05) is 4.47 Å². The lowest BCUT2D eigenvalue weighted by Crippen LogP contribution is -2.28. The Kier molecular flexibility index (Phi) is 4.47. The molecule has 0 atom stereocenters. The molecule has 1 rings (SSSR count). The van der Waals surface area contributed by atoms with Crippen molar-refractivity contribution in [3.8, 4) is 0 Å². The van der Waals surface area contributed by atoms with Gasteiger partial charge in [-0.1, -0.05) is 27.5 Å². The van der Waals surface area contributed by atoms with Crippen LogP contribution in [-0.4, -0.2) is 18.9 Å². The Morgan fingerprint density at radius 2 is 2.20 bits per heavy atom. The largest absolute Gasteiger partial charge is 0.346 e. The fourth-order valence-electron chi connectivity index (χ4n) is 0.939. The molecule has 0 bridgehead atoms. The number of carbonyl (C=O) groups excluding carboxylic acids is 1. The number of benzene rings is 1. The zero-order valence-corrected chi connectivity index (χ0v) is 9.78. The van der Waals surface area contributed by atoms with E-state index in [0.29, 0.717) is 0 Å². The summed E-state index contributed by atoms with van der Waals surface area (Å²) in [5.74, 6) is -0.604. The molecule has 0 unspecified atom stereocenters. The number of amides is 1. The fourth-order valence-corrected chi connectivity index (χ4v) is 1.70. The molecule has 1 amide bonds. The van der Waals surface area contributed by atoms with Gasteiger partial charge in [0.25, 0.3) is 12.3 Å². The summed E-state index contributed by atoms with van der Waals surface area (Å²) >= 11 is 8.93. The second-order valence-electron chi connectivity index (χ2n) is 2.73. The molecule has 1 N–H and O–H groups in total. The maximum absolute atomic E-state index is 11.8. The van der Waals surface area contributed by atoms with E-state index in [9.17, 15) is 13.6 Å². The van der Waals surface area contributed by atoms with Gasteiger partial charge in [-0.25, -0.2) is 8.78 Å². The molecule has 0 aliphatic heterocycles. The van der Waals surface area contributed by atoms with Gasteiger partial charge in [-0.2, -0.15) is 0 Å². The van der Waals surface area contributed by atoms with E-state index in [1.807, 2.05) is 0 Å². The SMILES string of the molecule is O=C(NCC(F)F)c1ccc(Br)cc1Cl. The summed E-state index contributed by atoms with van der Waals surface area (Å²) < 4.78 is 24.4. The number of carbonyl (C=O) groups is 1. The van der Waals surface area contributed by atoms with Crippen LogP contribution in [0.1, 0.15) is 10.4 Å². The van der Waals surface area contributed by atoms with Crippen LogP contribution in [0.3, 0.4) is 0 Å². The molecular formula is C9H7BrClF2NO. The lowest BCUT2D eigenvalue weighted by molar-refractivity contribution is 0.0892. The first-order valence-electron chi connectivity index (χ1n) is 4.02. The number of halogens is 4. The Labute approximate surface area is 98.7 Å². The number of rotatable bonds is 3. The zero-order chi connectivity index (χ0) is 11.4. The van der Waals surface area contributed by atoms with Crippen molar-refractivity contribution >= 4 is 33.4 Å². The molecule has 0 spiro atoms. The number of hydrogen-bond acceptors (Lipinski definition) is 1. The second-order valence-corrected chi connectivity index (χ2v) is 4.05. The molecular weight excluding hydrogens is 291 g/mol. The first kappa shape index (κ1) is 12.4. The summed E-state index contributed by atoms with van der Waals surface area (Å²) in [6.07, 6.45) is -2.57. The maximum Gasteiger partial charge on any atom is 0.255 e. The average molecular weight is 299 g/mol. The average Bonchev–Trinajstić information content (AvgIpc) is 2.14. The van der Waals surface area contributed by atoms with Crippen LogP contribution in [-0.2, 0) is 0 Å². The van der Waals surface area contributed by atoms with Crippen LogP contribution < -0.4 is 5.32 Å². The lowest BCUT2D eigenvalue weighted by atomic mass is 10.2. The van der Waals surface area contributed by atoms with Gasteiger partial charge in [-0.15, -0.1) is 0 Å². The zero-order valence-electron chi connectivity index (χ0n) is 7.44. The third-order valence-electron chi connectivity index (χ3n) is 1.59. The summed E-state index contributed by atoms with van der Waals surface area (Å²) in [5, 5.41) is 2.29. The molecule has 0 aliphatic carbocycles. The monoisotopic (exact) mass is 297 g/mol. The topological polar surface area (TPSA) is 29.1 Å². The fraction of sp³-hybridized carbons (Fsp3) is 0.222. The molecule has 1 aromatic rings. The normalized spacial score (nSPS) is 10.5. The first-order chi connectivity index (χ1) is 7.00. The Morgan fingerprint density at radius 3 is 2.73 bits per heavy atom. The third-order valence-corrected chi connectivity index (χ3v) is 2.40. The van der Waals surface area contributed by atoms with E-state index in [4.69, 9.17) is 11.6 Å². The molecule has 0 saturated carbocycles. The van der Waals surface area contributed by atoms with Crippen molar-refractivity contribution in [2.24, 2.45) is 0 Å². The molecule has 0 saturated heterocycles. The summed E-state index contributed by atoms with van der Waals surface area (Å²) in [5.41, 5.74) is 0.181. The highest BCUT2D eigenvalue weighted by Crippen LogP contribution is 2.21. The van der Waals surface area contributed by atoms with Gasteiger partial charge in [0.2, 0.25) is 0 Å². The molecule has 0 radical (unpaired) electrons. The van der Waals surface area contributed by atoms with Crippen molar-refractivity contribution in [3.63, 3.8) is 0 Å². The quantitative estimate of drug-likeness (QED) is 0.913. The van der Waals surface area contributed by atoms with Crippen molar-refractivity contribution in [1.82, 2.24) is 5.32 Å². The lowest BCUT2D eigenvalue weighted by Gasteiger charge is -2.06. The van der Waals surface area contributed by atoms with Crippen molar-refractivity contribution in [2.75, 3.05) is 6.54 Å². The van der Waals surface area contributed by atoms with Crippen LogP contribution in [0, 0.1) is 0 Å². The summed E-state index contributed by atoms with van der Waals surface area (Å²) in [6.45, 7) is -0.675. The van der Waals surface area contributed by atoms with Gasteiger partial charge in [0.15, 0.2) is 0 Å². The van der Waals surface area contributed by atoms with Crippen molar-refractivity contribution in [3.05, 3.63) is 33.3 Å². The van der Waals surface area contributed by atoms with E-state index in [-0.39, 0.29) is 10.6 Å². The van der Waals surface area contributed by atoms with Crippen LogP contribution in [0.25, 0.3) is 0 Å². The highest BCUT2D eigenvalue weighted by Gasteiger charge is 2.12. The Bertz CT molecular complexity index is 373. The van der Waals surface area contributed by atoms with Crippen molar-refractivity contribution < 1.29 is 13.6 Å². The minimum absolute atomic E-state index is 0.181. The molecule has 1 aromatic carbocycles. The van der Waals surface area contributed by atoms with Crippen LogP contribution in [0.15, 0.2) is 22.7 Å². The highest BCUT2D eigenvalue weighted by molar-refractivity contribution is 9.10. The first-order valence-corrected chi connectivity index (χ1v) is 5.19. The molecule has 15 heavy (non-hydrogen) atoms. The van der Waals surface area contributed by atoms with Gasteiger partial charge in [-0.3, -0.25) is 4.79 Å². The Hall–Kier alpha value is -0.680. The Balaban J connectivity index is 2.74. The third kappa shape index (κ3) is 3.76. The Morgan fingerprint density at radius 1 is 1.53 bits per heavy atom. The predicted octanol–water partition coefficient (Wildman–Crippen LogP) is 3.10. The van der Waals surface area contributed by atoms with Crippen molar-refractivity contribution in [1.29, 1.82) is 0 Å². The number of nitrogens with one attached hydrogen (secondary N) is 1. The van der Waals surface area contributed by atoms with E-state index >= 15 is 0 Å². The molecule has 0 aromatic heterocycles. The van der Waals surface area contributed by atoms with Crippen LogP contribution in [0.2, 0.25) is 5.02 Å². The predicted molar refractivity (Wildman–Crippen MR) is 57.5 cm³/mol. The van der Waals surface area contributed by atoms with Gasteiger partial charge in [-0.05, 0) is 18.2 Å². The summed E-state index contributed by atoms with van der Waals surface area (Å²) in [4.78, 5) is 11.3. The van der Waals surface area contributed by atoms with Crippen LogP contribution >= 0.6 is 27.5 Å².